The Morgan fingerprint density at radius 1 is 1.04 bits per heavy atom. The van der Waals surface area contributed by atoms with E-state index in [-0.39, 0.29) is 18.4 Å². The van der Waals surface area contributed by atoms with Gasteiger partial charge in [0, 0.05) is 19.2 Å². The third kappa shape index (κ3) is 5.94. The van der Waals surface area contributed by atoms with Gasteiger partial charge < -0.3 is 20.1 Å². The lowest BCUT2D eigenvalue weighted by Gasteiger charge is -2.09. The van der Waals surface area contributed by atoms with Crippen molar-refractivity contribution >= 4 is 23.5 Å². The number of ether oxygens (including phenoxy) is 2. The molecule has 0 atom stereocenters. The Morgan fingerprint density at radius 2 is 1.77 bits per heavy atom. The van der Waals surface area contributed by atoms with Crippen molar-refractivity contribution in [1.29, 1.82) is 0 Å². The number of benzene rings is 2. The van der Waals surface area contributed by atoms with E-state index < -0.39 is 5.97 Å². The highest BCUT2D eigenvalue weighted by Gasteiger charge is 2.08. The Balaban J connectivity index is 1.80. The topological polar surface area (TPSA) is 93.7 Å². The molecule has 2 aromatic rings. The van der Waals surface area contributed by atoms with Gasteiger partial charge in [0.2, 0.25) is 5.91 Å². The van der Waals surface area contributed by atoms with Crippen LogP contribution in [-0.2, 0) is 20.9 Å². The van der Waals surface area contributed by atoms with E-state index in [0.29, 0.717) is 23.5 Å². The first-order valence-corrected chi connectivity index (χ1v) is 7.92. The number of carbonyl (C=O) groups is 3. The van der Waals surface area contributed by atoms with Crippen LogP contribution >= 0.6 is 0 Å². The maximum absolute atomic E-state index is 11.9. The fourth-order valence-electron chi connectivity index (χ4n) is 2.14. The number of amides is 2. The molecule has 2 aromatic carbocycles. The zero-order valence-corrected chi connectivity index (χ0v) is 14.6. The van der Waals surface area contributed by atoms with Gasteiger partial charge >= 0.3 is 5.97 Å². The van der Waals surface area contributed by atoms with Crippen LogP contribution in [0.2, 0.25) is 0 Å². The van der Waals surface area contributed by atoms with Crippen LogP contribution in [0, 0.1) is 0 Å². The van der Waals surface area contributed by atoms with Crippen molar-refractivity contribution < 1.29 is 23.9 Å². The normalized spacial score (nSPS) is 9.92. The molecule has 26 heavy (non-hydrogen) atoms. The minimum Gasteiger partial charge on any atom is -0.484 e. The lowest BCUT2D eigenvalue weighted by Crippen LogP contribution is -2.28. The van der Waals surface area contributed by atoms with Crippen molar-refractivity contribution in [2.24, 2.45) is 0 Å². The summed E-state index contributed by atoms with van der Waals surface area (Å²) in [7, 11) is 1.30. The number of hydrogen-bond acceptors (Lipinski definition) is 5. The molecule has 0 heterocycles. The summed E-state index contributed by atoms with van der Waals surface area (Å²) in [6.45, 7) is 1.61. The maximum atomic E-state index is 11.9. The highest BCUT2D eigenvalue weighted by molar-refractivity contribution is 5.90. The van der Waals surface area contributed by atoms with Crippen molar-refractivity contribution in [2.75, 3.05) is 19.0 Å². The van der Waals surface area contributed by atoms with Gasteiger partial charge in [-0.05, 0) is 35.9 Å². The third-order valence-electron chi connectivity index (χ3n) is 3.39. The van der Waals surface area contributed by atoms with Crippen molar-refractivity contribution in [3.05, 3.63) is 59.7 Å². The molecule has 0 unspecified atom stereocenters. The molecule has 2 amide bonds. The van der Waals surface area contributed by atoms with E-state index in [0.717, 1.165) is 5.56 Å². The monoisotopic (exact) mass is 356 g/mol. The van der Waals surface area contributed by atoms with Gasteiger partial charge in [-0.2, -0.15) is 0 Å². The second-order valence-corrected chi connectivity index (χ2v) is 5.46. The van der Waals surface area contributed by atoms with E-state index in [2.05, 4.69) is 15.4 Å². The molecule has 2 rings (SSSR count). The van der Waals surface area contributed by atoms with E-state index >= 15 is 0 Å². The standard InChI is InChI=1S/C19H20N2O5/c1-13(22)21-16-8-6-14(7-9-16)11-20-18(23)12-26-17-5-3-4-15(10-17)19(24)25-2/h3-10H,11-12H2,1-2H3,(H,20,23)(H,21,22). The lowest BCUT2D eigenvalue weighted by atomic mass is 10.2. The molecule has 7 heteroatoms. The lowest BCUT2D eigenvalue weighted by molar-refractivity contribution is -0.123. The molecule has 0 bridgehead atoms. The average Bonchev–Trinajstić information content (AvgIpc) is 2.65. The molecule has 0 radical (unpaired) electrons. The molecule has 0 aliphatic heterocycles. The number of anilines is 1. The van der Waals surface area contributed by atoms with Crippen LogP contribution in [0.25, 0.3) is 0 Å². The summed E-state index contributed by atoms with van der Waals surface area (Å²) in [6.07, 6.45) is 0. The Bertz CT molecular complexity index is 787. The van der Waals surface area contributed by atoms with E-state index in [9.17, 15) is 14.4 Å². The maximum Gasteiger partial charge on any atom is 0.337 e. The summed E-state index contributed by atoms with van der Waals surface area (Å²) in [5, 5.41) is 5.41. The van der Waals surface area contributed by atoms with Crippen molar-refractivity contribution in [3.8, 4) is 5.75 Å². The van der Waals surface area contributed by atoms with Gasteiger partial charge in [0.05, 0.1) is 12.7 Å². The highest BCUT2D eigenvalue weighted by atomic mass is 16.5. The molecule has 0 aliphatic rings. The molecular formula is C19H20N2O5. The Morgan fingerprint density at radius 3 is 2.42 bits per heavy atom. The smallest absolute Gasteiger partial charge is 0.337 e. The van der Waals surface area contributed by atoms with Gasteiger partial charge in [-0.25, -0.2) is 4.79 Å². The van der Waals surface area contributed by atoms with E-state index in [1.54, 1.807) is 30.3 Å². The zero-order valence-electron chi connectivity index (χ0n) is 14.6. The minimum absolute atomic E-state index is 0.139. The van der Waals surface area contributed by atoms with E-state index in [1.807, 2.05) is 12.1 Å². The first-order valence-electron chi connectivity index (χ1n) is 7.92. The van der Waals surface area contributed by atoms with Crippen LogP contribution < -0.4 is 15.4 Å². The predicted molar refractivity (Wildman–Crippen MR) is 95.9 cm³/mol. The number of carbonyl (C=O) groups excluding carboxylic acids is 3. The molecule has 0 spiro atoms. The molecule has 0 fully saturated rings. The molecule has 136 valence electrons. The third-order valence-corrected chi connectivity index (χ3v) is 3.39. The summed E-state index contributed by atoms with van der Waals surface area (Å²) in [6, 6.07) is 13.6. The van der Waals surface area contributed by atoms with Crippen LogP contribution in [0.5, 0.6) is 5.75 Å². The van der Waals surface area contributed by atoms with Crippen LogP contribution in [0.4, 0.5) is 5.69 Å². The minimum atomic E-state index is -0.470. The second-order valence-electron chi connectivity index (χ2n) is 5.46. The summed E-state index contributed by atoms with van der Waals surface area (Å²) in [5.41, 5.74) is 1.94. The van der Waals surface area contributed by atoms with Crippen LogP contribution in [0.1, 0.15) is 22.8 Å². The molecule has 0 saturated carbocycles. The molecule has 7 nitrogen and oxygen atoms in total. The quantitative estimate of drug-likeness (QED) is 0.741. The van der Waals surface area contributed by atoms with Crippen LogP contribution in [0.3, 0.4) is 0 Å². The molecule has 0 aliphatic carbocycles. The number of methoxy groups -OCH3 is 1. The Hall–Kier alpha value is -3.35. The van der Waals surface area contributed by atoms with Gasteiger partial charge in [-0.1, -0.05) is 18.2 Å². The summed E-state index contributed by atoms with van der Waals surface area (Å²) < 4.78 is 10.0. The summed E-state index contributed by atoms with van der Waals surface area (Å²) in [5.74, 6) is -0.496. The van der Waals surface area contributed by atoms with Crippen LogP contribution in [0.15, 0.2) is 48.5 Å². The number of esters is 1. The van der Waals surface area contributed by atoms with E-state index in [4.69, 9.17) is 4.74 Å². The Labute approximate surface area is 151 Å². The molecule has 0 saturated heterocycles. The van der Waals surface area contributed by atoms with Gasteiger partial charge in [-0.15, -0.1) is 0 Å². The number of rotatable bonds is 7. The fourth-order valence-corrected chi connectivity index (χ4v) is 2.14. The van der Waals surface area contributed by atoms with Gasteiger partial charge in [0.15, 0.2) is 6.61 Å². The molecule has 0 aromatic heterocycles. The average molecular weight is 356 g/mol. The van der Waals surface area contributed by atoms with Crippen molar-refractivity contribution in [2.45, 2.75) is 13.5 Å². The Kier molecular flexibility index (Phi) is 6.73. The van der Waals surface area contributed by atoms with Gasteiger partial charge in [0.25, 0.3) is 5.91 Å². The van der Waals surface area contributed by atoms with Crippen molar-refractivity contribution in [3.63, 3.8) is 0 Å². The van der Waals surface area contributed by atoms with Gasteiger partial charge in [0.1, 0.15) is 5.75 Å². The summed E-state index contributed by atoms with van der Waals surface area (Å²) >= 11 is 0. The number of nitrogens with one attached hydrogen (secondary N) is 2. The molecule has 2 N–H and O–H groups in total. The SMILES string of the molecule is COC(=O)c1cccc(OCC(=O)NCc2ccc(NC(C)=O)cc2)c1. The fraction of sp³-hybridized carbons (Fsp3) is 0.211. The largest absolute Gasteiger partial charge is 0.484 e. The first-order chi connectivity index (χ1) is 12.5. The van der Waals surface area contributed by atoms with Crippen molar-refractivity contribution in [1.82, 2.24) is 5.32 Å². The number of hydrogen-bond donors (Lipinski definition) is 2. The summed E-state index contributed by atoms with van der Waals surface area (Å²) in [4.78, 5) is 34.3. The predicted octanol–water partition coefficient (Wildman–Crippen LogP) is 2.13. The second kappa shape index (κ2) is 9.22. The molecular weight excluding hydrogens is 336 g/mol. The highest BCUT2D eigenvalue weighted by Crippen LogP contribution is 2.14. The van der Waals surface area contributed by atoms with Crippen LogP contribution in [-0.4, -0.2) is 31.5 Å². The van der Waals surface area contributed by atoms with E-state index in [1.165, 1.54) is 20.1 Å². The van der Waals surface area contributed by atoms with Gasteiger partial charge in [-0.3, -0.25) is 9.59 Å². The zero-order chi connectivity index (χ0) is 18.9. The first kappa shape index (κ1) is 19.0.